The number of nitrogens with zero attached hydrogens (tertiary/aromatic N) is 2. The number of piperidine rings is 2. The molecule has 2 heterocycles. The predicted molar refractivity (Wildman–Crippen MR) is 195 cm³/mol. The number of ketones is 1. The molecule has 0 spiro atoms. The van der Waals surface area contributed by atoms with E-state index in [-0.39, 0.29) is 29.7 Å². The minimum atomic E-state index is -1.10. The number of nitrogens with two attached hydrogens (primary N) is 1. The fourth-order valence-electron chi connectivity index (χ4n) is 8.27. The number of nitrogens with one attached hydrogen (secondary N) is 3. The van der Waals surface area contributed by atoms with Crippen molar-refractivity contribution in [2.75, 3.05) is 19.6 Å². The van der Waals surface area contributed by atoms with E-state index in [2.05, 4.69) is 29.8 Å². The molecule has 4 aliphatic rings. The maximum Gasteiger partial charge on any atom is 0.410 e. The third kappa shape index (κ3) is 8.89. The molecule has 1 aromatic carbocycles. The van der Waals surface area contributed by atoms with Crippen molar-refractivity contribution in [2.24, 2.45) is 34.3 Å². The van der Waals surface area contributed by atoms with E-state index in [4.69, 9.17) is 10.5 Å². The van der Waals surface area contributed by atoms with Crippen molar-refractivity contribution in [3.8, 4) is 0 Å². The van der Waals surface area contributed by atoms with E-state index in [9.17, 15) is 28.8 Å². The smallest absolute Gasteiger partial charge is 0.410 e. The van der Waals surface area contributed by atoms with Crippen LogP contribution in [0.15, 0.2) is 30.3 Å². The van der Waals surface area contributed by atoms with Crippen molar-refractivity contribution in [1.29, 1.82) is 0 Å². The van der Waals surface area contributed by atoms with Crippen LogP contribution in [0.5, 0.6) is 0 Å². The fourth-order valence-corrected chi connectivity index (χ4v) is 8.27. The summed E-state index contributed by atoms with van der Waals surface area (Å²) in [5, 5.41) is 8.95. The first-order chi connectivity index (χ1) is 24.1. The summed E-state index contributed by atoms with van der Waals surface area (Å²) in [6, 6.07) is 6.23. The third-order valence-corrected chi connectivity index (χ3v) is 11.3. The van der Waals surface area contributed by atoms with E-state index in [1.54, 1.807) is 9.80 Å². The number of amides is 6. The van der Waals surface area contributed by atoms with Crippen LogP contribution < -0.4 is 21.7 Å². The van der Waals surface area contributed by atoms with Gasteiger partial charge in [0.2, 0.25) is 17.6 Å². The number of benzene rings is 1. The van der Waals surface area contributed by atoms with E-state index in [1.165, 1.54) is 0 Å². The third-order valence-electron chi connectivity index (χ3n) is 11.3. The zero-order valence-corrected chi connectivity index (χ0v) is 32.0. The highest BCUT2D eigenvalue weighted by atomic mass is 16.6. The Morgan fingerprint density at radius 3 is 2.21 bits per heavy atom. The number of urea groups is 1. The second kappa shape index (κ2) is 14.3. The van der Waals surface area contributed by atoms with Crippen LogP contribution in [0.4, 0.5) is 9.59 Å². The summed E-state index contributed by atoms with van der Waals surface area (Å²) < 4.78 is 5.68. The summed E-state index contributed by atoms with van der Waals surface area (Å²) in [5.74, 6) is -2.69. The molecule has 52 heavy (non-hydrogen) atoms. The van der Waals surface area contributed by atoms with Gasteiger partial charge in [-0.3, -0.25) is 19.2 Å². The van der Waals surface area contributed by atoms with Crippen molar-refractivity contribution < 1.29 is 33.5 Å². The molecule has 1 aromatic rings. The van der Waals surface area contributed by atoms with Crippen LogP contribution in [0.3, 0.4) is 0 Å². The molecule has 13 nitrogen and oxygen atoms in total. The Labute approximate surface area is 307 Å². The zero-order chi connectivity index (χ0) is 38.4. The van der Waals surface area contributed by atoms with Gasteiger partial charge in [0, 0.05) is 19.6 Å². The standard InChI is InChI=1S/C39H58N6O7/c1-36(2,3)30(33(49)45-21-25-27(38(25,7)8)28(45)32(48)41-26(19-23-15-16-23)29(46)31(40)47)42-34(50)43-39(20-24-13-10-9-11-14-24)17-12-18-44(22-39)35(51)52-37(4,5)6/h9-11,13-14,23,25-28,30H,12,15-22H2,1-8H3,(H2,40,47)(H,41,48)(H2,42,43,50)/t25-,26?,27-,28-,30+,39?/m0/s1. The molecule has 0 aromatic heterocycles. The number of primary amides is 1. The molecule has 6 atom stereocenters. The van der Waals surface area contributed by atoms with Gasteiger partial charge >= 0.3 is 12.1 Å². The van der Waals surface area contributed by atoms with Crippen molar-refractivity contribution in [3.05, 3.63) is 35.9 Å². The lowest BCUT2D eigenvalue weighted by Gasteiger charge is -2.44. The lowest BCUT2D eigenvalue weighted by Crippen LogP contribution is -2.66. The van der Waals surface area contributed by atoms with E-state index in [0.717, 1.165) is 18.4 Å². The highest BCUT2D eigenvalue weighted by molar-refractivity contribution is 6.37. The van der Waals surface area contributed by atoms with E-state index >= 15 is 0 Å². The normalized spacial score (nSPS) is 26.3. The van der Waals surface area contributed by atoms with E-state index in [0.29, 0.717) is 38.8 Å². The first-order valence-corrected chi connectivity index (χ1v) is 18.7. The van der Waals surface area contributed by atoms with Crippen LogP contribution in [0.2, 0.25) is 0 Å². The Bertz CT molecular complexity index is 1560. The van der Waals surface area contributed by atoms with Gasteiger partial charge in [-0.15, -0.1) is 0 Å². The topological polar surface area (TPSA) is 180 Å². The molecule has 0 bridgehead atoms. The molecule has 4 fully saturated rings. The number of hydrogen-bond acceptors (Lipinski definition) is 7. The maximum absolute atomic E-state index is 14.6. The van der Waals surface area contributed by atoms with Crippen LogP contribution in [-0.2, 0) is 30.3 Å². The minimum absolute atomic E-state index is 0.0607. The summed E-state index contributed by atoms with van der Waals surface area (Å²) in [4.78, 5) is 83.6. The monoisotopic (exact) mass is 722 g/mol. The molecule has 5 N–H and O–H groups in total. The summed E-state index contributed by atoms with van der Waals surface area (Å²) in [6.45, 7) is 16.2. The average molecular weight is 723 g/mol. The Hall–Kier alpha value is -4.16. The molecule has 2 aliphatic heterocycles. The number of carbonyl (C=O) groups is 6. The van der Waals surface area contributed by atoms with Gasteiger partial charge in [0.25, 0.3) is 5.91 Å². The van der Waals surface area contributed by atoms with Crippen LogP contribution >= 0.6 is 0 Å². The largest absolute Gasteiger partial charge is 0.444 e. The Balaban J connectivity index is 1.36. The van der Waals surface area contributed by atoms with Crippen molar-refractivity contribution >= 4 is 35.6 Å². The Morgan fingerprint density at radius 1 is 0.981 bits per heavy atom. The number of ether oxygens (including phenoxy) is 1. The molecular weight excluding hydrogens is 664 g/mol. The van der Waals surface area contributed by atoms with Gasteiger partial charge in [-0.25, -0.2) is 9.59 Å². The van der Waals surface area contributed by atoms with Crippen LogP contribution in [-0.4, -0.2) is 94.3 Å². The first kappa shape index (κ1) is 39.1. The molecule has 13 heteroatoms. The molecule has 0 radical (unpaired) electrons. The summed E-state index contributed by atoms with van der Waals surface area (Å²) >= 11 is 0. The molecule has 2 unspecified atom stereocenters. The Kier molecular flexibility index (Phi) is 10.8. The number of hydrogen-bond donors (Lipinski definition) is 4. The number of likely N-dealkylation sites (tertiary alicyclic amines) is 2. The fraction of sp³-hybridized carbons (Fsp3) is 0.692. The maximum atomic E-state index is 14.6. The van der Waals surface area contributed by atoms with Crippen molar-refractivity contribution in [2.45, 2.75) is 123 Å². The number of carbonyl (C=O) groups excluding carboxylic acids is 6. The van der Waals surface area contributed by atoms with Gasteiger partial charge < -0.3 is 36.2 Å². The molecule has 286 valence electrons. The predicted octanol–water partition coefficient (Wildman–Crippen LogP) is 3.54. The number of rotatable bonds is 11. The van der Waals surface area contributed by atoms with Crippen molar-refractivity contribution in [1.82, 2.24) is 25.8 Å². The summed E-state index contributed by atoms with van der Waals surface area (Å²) in [7, 11) is 0. The molecule has 6 amide bonds. The molecule has 5 rings (SSSR count). The molecule has 2 saturated heterocycles. The van der Waals surface area contributed by atoms with E-state index < -0.39 is 70.3 Å². The van der Waals surface area contributed by atoms with Crippen LogP contribution in [0.1, 0.15) is 93.1 Å². The minimum Gasteiger partial charge on any atom is -0.444 e. The van der Waals surface area contributed by atoms with Crippen LogP contribution in [0.25, 0.3) is 0 Å². The van der Waals surface area contributed by atoms with Gasteiger partial charge in [0.15, 0.2) is 0 Å². The summed E-state index contributed by atoms with van der Waals surface area (Å²) in [6.07, 6.45) is 3.39. The summed E-state index contributed by atoms with van der Waals surface area (Å²) in [5.41, 5.74) is 3.84. The molecule has 2 saturated carbocycles. The van der Waals surface area contributed by atoms with Gasteiger partial charge in [-0.2, -0.15) is 0 Å². The van der Waals surface area contributed by atoms with Crippen molar-refractivity contribution in [3.63, 3.8) is 0 Å². The highest BCUT2D eigenvalue weighted by Gasteiger charge is 2.70. The number of Topliss-reactive ketones (excluding diaryl/α,β-unsaturated/α-hetero) is 1. The number of fused-ring (bicyclic) bond motifs is 1. The van der Waals surface area contributed by atoms with Crippen LogP contribution in [0, 0.1) is 28.6 Å². The van der Waals surface area contributed by atoms with E-state index in [1.807, 2.05) is 71.9 Å². The quantitative estimate of drug-likeness (QED) is 0.252. The SMILES string of the molecule is CC(C)(C)OC(=O)N1CCCC(Cc2ccccc2)(NC(=O)N[C@H](C(=O)N2C[C@H]3[C@@H]([C@H]2C(=O)NC(CC2CC2)C(=O)C(N)=O)C3(C)C)C(C)(C)C)C1. The van der Waals surface area contributed by atoms with Gasteiger partial charge in [-0.1, -0.05) is 77.8 Å². The molecule has 2 aliphatic carbocycles. The second-order valence-corrected chi connectivity index (χ2v) is 18.2. The highest BCUT2D eigenvalue weighted by Crippen LogP contribution is 2.65. The lowest BCUT2D eigenvalue weighted by molar-refractivity contribution is -0.145. The Morgan fingerprint density at radius 2 is 1.63 bits per heavy atom. The lowest BCUT2D eigenvalue weighted by atomic mass is 9.83. The first-order valence-electron chi connectivity index (χ1n) is 18.7. The van der Waals surface area contributed by atoms with Gasteiger partial charge in [0.05, 0.1) is 11.6 Å². The second-order valence-electron chi connectivity index (χ2n) is 18.2. The van der Waals surface area contributed by atoms with Gasteiger partial charge in [-0.05, 0) is 80.6 Å². The molecular formula is C39H58N6O7. The van der Waals surface area contributed by atoms with Gasteiger partial charge in [0.1, 0.15) is 17.7 Å². The average Bonchev–Trinajstić information content (AvgIpc) is 3.89. The zero-order valence-electron chi connectivity index (χ0n) is 32.0.